The fourth-order valence-corrected chi connectivity index (χ4v) is 4.30. The number of hydrogen-bond acceptors (Lipinski definition) is 4. The van der Waals surface area contributed by atoms with Gasteiger partial charge in [0.15, 0.2) is 0 Å². The molecule has 0 spiro atoms. The number of fused-ring (bicyclic) bond motifs is 2. The Morgan fingerprint density at radius 2 is 2.10 bits per heavy atom. The Labute approximate surface area is 178 Å². The zero-order chi connectivity index (χ0) is 21.5. The van der Waals surface area contributed by atoms with Gasteiger partial charge in [-0.3, -0.25) is 14.6 Å². The molecular formula is C23H24N6O2. The summed E-state index contributed by atoms with van der Waals surface area (Å²) in [6, 6.07) is 8.15. The Morgan fingerprint density at radius 3 is 2.97 bits per heavy atom. The van der Waals surface area contributed by atoms with Crippen molar-refractivity contribution in [1.29, 1.82) is 0 Å². The number of nitrogens with zero attached hydrogens (tertiary/aromatic N) is 4. The largest absolute Gasteiger partial charge is 0.361 e. The molecule has 31 heavy (non-hydrogen) atoms. The van der Waals surface area contributed by atoms with Crippen molar-refractivity contribution in [3.63, 3.8) is 0 Å². The van der Waals surface area contributed by atoms with Gasteiger partial charge in [-0.2, -0.15) is 5.10 Å². The van der Waals surface area contributed by atoms with Gasteiger partial charge in [-0.1, -0.05) is 18.2 Å². The van der Waals surface area contributed by atoms with Gasteiger partial charge in [-0.15, -0.1) is 0 Å². The van der Waals surface area contributed by atoms with Gasteiger partial charge in [0.2, 0.25) is 5.95 Å². The molecule has 8 heteroatoms. The average molecular weight is 416 g/mol. The SMILES string of the molecule is Cc1c(C(=O)N(C)CCc2c[nH]c3ccccc23)cnn1-c1nc2c(c(=O)[nH]1)CCC2. The van der Waals surface area contributed by atoms with Crippen LogP contribution < -0.4 is 5.56 Å². The van der Waals surface area contributed by atoms with Gasteiger partial charge in [-0.25, -0.2) is 9.67 Å². The van der Waals surface area contributed by atoms with Crippen LogP contribution >= 0.6 is 0 Å². The lowest BCUT2D eigenvalue weighted by Gasteiger charge is -2.16. The first-order valence-corrected chi connectivity index (χ1v) is 10.5. The molecule has 2 N–H and O–H groups in total. The van der Waals surface area contributed by atoms with Gasteiger partial charge in [0, 0.05) is 36.3 Å². The van der Waals surface area contributed by atoms with E-state index in [9.17, 15) is 9.59 Å². The maximum absolute atomic E-state index is 13.1. The van der Waals surface area contributed by atoms with Crippen molar-refractivity contribution in [3.8, 4) is 5.95 Å². The van der Waals surface area contributed by atoms with Crippen LogP contribution in [0.4, 0.5) is 0 Å². The minimum Gasteiger partial charge on any atom is -0.361 e. The quantitative estimate of drug-likeness (QED) is 0.522. The number of hydrogen-bond donors (Lipinski definition) is 2. The van der Waals surface area contributed by atoms with E-state index >= 15 is 0 Å². The molecule has 158 valence electrons. The molecule has 1 aromatic carbocycles. The molecule has 0 saturated heterocycles. The van der Waals surface area contributed by atoms with E-state index in [1.54, 1.807) is 22.8 Å². The maximum Gasteiger partial charge on any atom is 0.257 e. The van der Waals surface area contributed by atoms with Gasteiger partial charge in [0.1, 0.15) is 0 Å². The van der Waals surface area contributed by atoms with Crippen molar-refractivity contribution in [2.75, 3.05) is 13.6 Å². The predicted octanol–water partition coefficient (Wildman–Crippen LogP) is 2.55. The average Bonchev–Trinajstić information content (AvgIpc) is 3.49. The number of carbonyl (C=O) groups excluding carboxylic acids is 1. The molecule has 1 aliphatic carbocycles. The number of para-hydroxylation sites is 1. The normalized spacial score (nSPS) is 13.0. The molecule has 0 fully saturated rings. The first-order valence-electron chi connectivity index (χ1n) is 10.5. The van der Waals surface area contributed by atoms with Crippen LogP contribution in [0.5, 0.6) is 0 Å². The molecule has 1 amide bonds. The van der Waals surface area contributed by atoms with E-state index in [4.69, 9.17) is 0 Å². The van der Waals surface area contributed by atoms with Crippen LogP contribution in [0.1, 0.15) is 39.3 Å². The summed E-state index contributed by atoms with van der Waals surface area (Å²) in [4.78, 5) is 37.8. The van der Waals surface area contributed by atoms with Crippen molar-refractivity contribution < 1.29 is 4.79 Å². The summed E-state index contributed by atoms with van der Waals surface area (Å²) < 4.78 is 1.54. The lowest BCUT2D eigenvalue weighted by Crippen LogP contribution is -2.29. The number of likely N-dealkylation sites (N-methyl/N-ethyl adjacent to an activating group) is 1. The van der Waals surface area contributed by atoms with Crippen LogP contribution in [0, 0.1) is 6.92 Å². The molecule has 3 heterocycles. The van der Waals surface area contributed by atoms with Crippen molar-refractivity contribution >= 4 is 16.8 Å². The number of benzene rings is 1. The molecule has 0 aliphatic heterocycles. The molecule has 5 rings (SSSR count). The van der Waals surface area contributed by atoms with Gasteiger partial charge in [0.25, 0.3) is 11.5 Å². The number of aromatic nitrogens is 5. The zero-order valence-electron chi connectivity index (χ0n) is 17.6. The smallest absolute Gasteiger partial charge is 0.257 e. The lowest BCUT2D eigenvalue weighted by atomic mass is 10.1. The number of rotatable bonds is 5. The number of nitrogens with one attached hydrogen (secondary N) is 2. The fourth-order valence-electron chi connectivity index (χ4n) is 4.30. The summed E-state index contributed by atoms with van der Waals surface area (Å²) in [7, 11) is 1.80. The summed E-state index contributed by atoms with van der Waals surface area (Å²) in [5.74, 6) is 0.260. The molecule has 0 bridgehead atoms. The Bertz CT molecular complexity index is 1350. The molecule has 0 unspecified atom stereocenters. The summed E-state index contributed by atoms with van der Waals surface area (Å²) in [6.07, 6.45) is 6.81. The molecule has 0 atom stereocenters. The second kappa shape index (κ2) is 7.54. The molecule has 0 radical (unpaired) electrons. The number of carbonyl (C=O) groups is 1. The van der Waals surface area contributed by atoms with Crippen LogP contribution in [0.2, 0.25) is 0 Å². The van der Waals surface area contributed by atoms with E-state index in [0.717, 1.165) is 42.5 Å². The predicted molar refractivity (Wildman–Crippen MR) is 118 cm³/mol. The zero-order valence-corrected chi connectivity index (χ0v) is 17.6. The standard InChI is InChI=1S/C23H24N6O2/c1-14-18(13-25-29(14)23-26-20-9-5-7-17(20)21(30)27-23)22(31)28(2)11-10-15-12-24-19-8-4-3-6-16(15)19/h3-4,6,8,12-13,24H,5,7,9-11H2,1-2H3,(H,26,27,30). The Balaban J connectivity index is 1.35. The van der Waals surface area contributed by atoms with Crippen LogP contribution in [0.25, 0.3) is 16.9 Å². The van der Waals surface area contributed by atoms with Crippen molar-refractivity contribution in [2.45, 2.75) is 32.6 Å². The van der Waals surface area contributed by atoms with E-state index in [2.05, 4.69) is 26.1 Å². The van der Waals surface area contributed by atoms with Crippen LogP contribution in [0.15, 0.2) is 41.5 Å². The van der Waals surface area contributed by atoms with E-state index in [1.165, 1.54) is 10.9 Å². The molecule has 0 saturated carbocycles. The number of aryl methyl sites for hydroxylation is 1. The van der Waals surface area contributed by atoms with Gasteiger partial charge in [0.05, 0.1) is 23.1 Å². The van der Waals surface area contributed by atoms with E-state index in [1.807, 2.05) is 31.3 Å². The van der Waals surface area contributed by atoms with Crippen LogP contribution in [0.3, 0.4) is 0 Å². The van der Waals surface area contributed by atoms with Gasteiger partial charge >= 0.3 is 0 Å². The Hall–Kier alpha value is -3.68. The number of aromatic amines is 2. The summed E-state index contributed by atoms with van der Waals surface area (Å²) in [6.45, 7) is 2.40. The minimum atomic E-state index is -0.115. The van der Waals surface area contributed by atoms with E-state index in [-0.39, 0.29) is 11.5 Å². The van der Waals surface area contributed by atoms with Gasteiger partial charge in [-0.05, 0) is 44.2 Å². The highest BCUT2D eigenvalue weighted by atomic mass is 16.2. The first kappa shape index (κ1) is 19.3. The second-order valence-corrected chi connectivity index (χ2v) is 8.06. The van der Waals surface area contributed by atoms with E-state index < -0.39 is 0 Å². The fraction of sp³-hybridized carbons (Fsp3) is 0.304. The molecule has 4 aromatic rings. The minimum absolute atomic E-state index is 0.105. The van der Waals surface area contributed by atoms with Crippen LogP contribution in [-0.4, -0.2) is 49.1 Å². The molecular weight excluding hydrogens is 392 g/mol. The Morgan fingerprint density at radius 1 is 1.26 bits per heavy atom. The van der Waals surface area contributed by atoms with Crippen molar-refractivity contribution in [2.24, 2.45) is 0 Å². The number of amides is 1. The topological polar surface area (TPSA) is 99.7 Å². The van der Waals surface area contributed by atoms with Crippen LogP contribution in [-0.2, 0) is 19.3 Å². The van der Waals surface area contributed by atoms with Crippen molar-refractivity contribution in [3.05, 3.63) is 75.1 Å². The highest BCUT2D eigenvalue weighted by Crippen LogP contribution is 2.20. The summed E-state index contributed by atoms with van der Waals surface area (Å²) in [5, 5.41) is 5.52. The summed E-state index contributed by atoms with van der Waals surface area (Å²) >= 11 is 0. The maximum atomic E-state index is 13.1. The highest BCUT2D eigenvalue weighted by Gasteiger charge is 2.22. The third kappa shape index (κ3) is 3.34. The lowest BCUT2D eigenvalue weighted by molar-refractivity contribution is 0.0796. The van der Waals surface area contributed by atoms with Crippen molar-refractivity contribution in [1.82, 2.24) is 29.6 Å². The van der Waals surface area contributed by atoms with E-state index in [0.29, 0.717) is 23.8 Å². The molecule has 3 aromatic heterocycles. The summed E-state index contributed by atoms with van der Waals surface area (Å²) in [5.41, 5.74) is 4.92. The third-order valence-corrected chi connectivity index (χ3v) is 6.11. The first-order chi connectivity index (χ1) is 15.0. The highest BCUT2D eigenvalue weighted by molar-refractivity contribution is 5.95. The third-order valence-electron chi connectivity index (χ3n) is 6.11. The Kier molecular flexibility index (Phi) is 4.69. The number of H-pyrrole nitrogens is 2. The van der Waals surface area contributed by atoms with Gasteiger partial charge < -0.3 is 9.88 Å². The molecule has 1 aliphatic rings. The second-order valence-electron chi connectivity index (χ2n) is 8.06. The monoisotopic (exact) mass is 416 g/mol. The molecule has 8 nitrogen and oxygen atoms in total.